The van der Waals surface area contributed by atoms with Gasteiger partial charge in [0, 0.05) is 14.7 Å². The fraction of sp³-hybridized carbons (Fsp3) is 0.368. The Hall–Kier alpha value is -1.67. The molecule has 25 heavy (non-hydrogen) atoms. The maximum absolute atomic E-state index is 13.2. The SMILES string of the molecule is COC(=O)[C@@]12C[C@@H]3C=C(I)[C@@H]1NCCc1c2n(c2ccccc12)C3=O. The third kappa shape index (κ3) is 1.76. The number of nitrogens with one attached hydrogen (secondary N) is 1. The van der Waals surface area contributed by atoms with Crippen LogP contribution in [0.15, 0.2) is 33.9 Å². The molecule has 0 amide bonds. The van der Waals surface area contributed by atoms with Crippen LogP contribution < -0.4 is 5.32 Å². The van der Waals surface area contributed by atoms with Crippen molar-refractivity contribution in [2.24, 2.45) is 5.92 Å². The van der Waals surface area contributed by atoms with Crippen LogP contribution in [0.3, 0.4) is 0 Å². The van der Waals surface area contributed by atoms with Crippen molar-refractivity contribution in [3.8, 4) is 0 Å². The minimum Gasteiger partial charge on any atom is -0.468 e. The smallest absolute Gasteiger partial charge is 0.319 e. The number of halogens is 1. The minimum absolute atomic E-state index is 0.0616. The molecule has 0 spiro atoms. The highest BCUT2D eigenvalue weighted by atomic mass is 127. The van der Waals surface area contributed by atoms with Gasteiger partial charge in [-0.3, -0.25) is 14.2 Å². The lowest BCUT2D eigenvalue weighted by Crippen LogP contribution is -2.60. The molecule has 0 radical (unpaired) electrons. The van der Waals surface area contributed by atoms with Crippen molar-refractivity contribution in [1.82, 2.24) is 9.88 Å². The first-order chi connectivity index (χ1) is 12.1. The average Bonchev–Trinajstić information content (AvgIpc) is 2.84. The second kappa shape index (κ2) is 5.17. The van der Waals surface area contributed by atoms with Crippen LogP contribution in [0.5, 0.6) is 0 Å². The molecule has 2 aromatic rings. The number of fused-ring (bicyclic) bond motifs is 4. The molecule has 128 valence electrons. The third-order valence-corrected chi connectivity index (χ3v) is 6.87. The molecule has 5 rings (SSSR count). The summed E-state index contributed by atoms with van der Waals surface area (Å²) in [4.78, 5) is 26.4. The van der Waals surface area contributed by atoms with Crippen molar-refractivity contribution in [2.75, 3.05) is 13.7 Å². The summed E-state index contributed by atoms with van der Waals surface area (Å²) in [7, 11) is 1.44. The Morgan fingerprint density at radius 3 is 3.00 bits per heavy atom. The van der Waals surface area contributed by atoms with E-state index in [1.807, 2.05) is 24.3 Å². The summed E-state index contributed by atoms with van der Waals surface area (Å²) in [6, 6.07) is 7.82. The fourth-order valence-corrected chi connectivity index (χ4v) is 6.14. The lowest BCUT2D eigenvalue weighted by atomic mass is 9.64. The maximum Gasteiger partial charge on any atom is 0.319 e. The number of aromatic nitrogens is 1. The largest absolute Gasteiger partial charge is 0.468 e. The molecule has 3 heterocycles. The van der Waals surface area contributed by atoms with Crippen LogP contribution in [0.4, 0.5) is 0 Å². The predicted molar refractivity (Wildman–Crippen MR) is 102 cm³/mol. The molecule has 2 bridgehead atoms. The third-order valence-electron chi connectivity index (χ3n) is 5.88. The van der Waals surface area contributed by atoms with Crippen LogP contribution in [0.25, 0.3) is 10.9 Å². The highest BCUT2D eigenvalue weighted by molar-refractivity contribution is 14.1. The van der Waals surface area contributed by atoms with Crippen molar-refractivity contribution in [3.05, 3.63) is 45.2 Å². The molecule has 1 aromatic heterocycles. The van der Waals surface area contributed by atoms with Gasteiger partial charge in [0.15, 0.2) is 0 Å². The second-order valence-electron chi connectivity index (χ2n) is 6.98. The van der Waals surface area contributed by atoms with E-state index in [-0.39, 0.29) is 23.8 Å². The number of carbonyl (C=O) groups is 2. The van der Waals surface area contributed by atoms with Gasteiger partial charge in [-0.05, 0) is 53.6 Å². The summed E-state index contributed by atoms with van der Waals surface area (Å²) in [5, 5.41) is 4.62. The summed E-state index contributed by atoms with van der Waals surface area (Å²) >= 11 is 2.27. The first-order valence-electron chi connectivity index (χ1n) is 8.45. The van der Waals surface area contributed by atoms with Crippen LogP contribution in [0.2, 0.25) is 0 Å². The van der Waals surface area contributed by atoms with E-state index in [2.05, 4.69) is 34.0 Å². The number of ether oxygens (including phenoxy) is 1. The standard InChI is InChI=1S/C19H17IN2O3/c1-25-18(24)19-9-10-8-13(20)15(19)21-7-6-12-11-4-2-3-5-14(11)22(16(12)19)17(10)23/h2-5,8,10,15,21H,6-7,9H2,1H3/t10-,15-,19-/m0/s1. The first-order valence-corrected chi connectivity index (χ1v) is 9.53. The van der Waals surface area contributed by atoms with E-state index in [0.29, 0.717) is 6.42 Å². The van der Waals surface area contributed by atoms with Crippen molar-refractivity contribution >= 4 is 45.4 Å². The number of para-hydroxylation sites is 1. The van der Waals surface area contributed by atoms with Crippen LogP contribution >= 0.6 is 22.6 Å². The molecule has 3 aliphatic rings. The van der Waals surface area contributed by atoms with Gasteiger partial charge in [-0.1, -0.05) is 24.3 Å². The predicted octanol–water partition coefficient (Wildman–Crippen LogP) is 2.56. The monoisotopic (exact) mass is 448 g/mol. The second-order valence-corrected chi connectivity index (χ2v) is 8.23. The zero-order chi connectivity index (χ0) is 17.3. The minimum atomic E-state index is -0.844. The molecule has 3 atom stereocenters. The number of esters is 1. The number of nitrogens with zero attached hydrogens (tertiary/aromatic N) is 1. The maximum atomic E-state index is 13.2. The van der Waals surface area contributed by atoms with Gasteiger partial charge in [0.25, 0.3) is 0 Å². The molecule has 1 N–H and O–H groups in total. The molecule has 0 fully saturated rings. The number of rotatable bonds is 1. The highest BCUT2D eigenvalue weighted by Crippen LogP contribution is 2.52. The summed E-state index contributed by atoms with van der Waals surface area (Å²) in [6.45, 7) is 0.767. The quantitative estimate of drug-likeness (QED) is 0.539. The van der Waals surface area contributed by atoms with E-state index in [4.69, 9.17) is 4.74 Å². The molecule has 1 aliphatic carbocycles. The summed E-state index contributed by atoms with van der Waals surface area (Å²) in [5.74, 6) is -0.484. The number of allylic oxidation sites excluding steroid dienone is 1. The molecular weight excluding hydrogens is 431 g/mol. The number of hydrogen-bond acceptors (Lipinski definition) is 4. The number of carbonyl (C=O) groups excluding carboxylic acids is 2. The van der Waals surface area contributed by atoms with Crippen LogP contribution in [0.1, 0.15) is 22.5 Å². The van der Waals surface area contributed by atoms with Gasteiger partial charge in [-0.15, -0.1) is 0 Å². The van der Waals surface area contributed by atoms with Gasteiger partial charge in [-0.2, -0.15) is 0 Å². The Morgan fingerprint density at radius 1 is 1.40 bits per heavy atom. The van der Waals surface area contributed by atoms with Gasteiger partial charge < -0.3 is 10.1 Å². The van der Waals surface area contributed by atoms with Crippen molar-refractivity contribution in [3.63, 3.8) is 0 Å². The lowest BCUT2D eigenvalue weighted by molar-refractivity contribution is -0.149. The molecule has 2 aliphatic heterocycles. The van der Waals surface area contributed by atoms with E-state index in [1.54, 1.807) is 4.57 Å². The number of benzene rings is 1. The van der Waals surface area contributed by atoms with Gasteiger partial charge in [0.2, 0.25) is 5.91 Å². The van der Waals surface area contributed by atoms with Crippen LogP contribution in [0, 0.1) is 5.92 Å². The van der Waals surface area contributed by atoms with E-state index in [1.165, 1.54) is 7.11 Å². The first kappa shape index (κ1) is 15.6. The molecule has 6 heteroatoms. The lowest BCUT2D eigenvalue weighted by Gasteiger charge is -2.46. The van der Waals surface area contributed by atoms with Gasteiger partial charge in [0.05, 0.1) is 24.6 Å². The normalized spacial score (nSPS) is 30.0. The number of hydrogen-bond donors (Lipinski definition) is 1. The fourth-order valence-electron chi connectivity index (χ4n) is 4.96. The molecule has 0 unspecified atom stereocenters. The molecule has 0 saturated heterocycles. The van der Waals surface area contributed by atoms with Gasteiger partial charge >= 0.3 is 5.97 Å². The summed E-state index contributed by atoms with van der Waals surface area (Å²) in [6.07, 6.45) is 3.29. The zero-order valence-corrected chi connectivity index (χ0v) is 15.9. The molecule has 0 saturated carbocycles. The van der Waals surface area contributed by atoms with Crippen molar-refractivity contribution in [2.45, 2.75) is 24.3 Å². The van der Waals surface area contributed by atoms with Crippen molar-refractivity contribution in [1.29, 1.82) is 0 Å². The highest BCUT2D eigenvalue weighted by Gasteiger charge is 2.60. The molecule has 5 nitrogen and oxygen atoms in total. The van der Waals surface area contributed by atoms with Crippen molar-refractivity contribution < 1.29 is 14.3 Å². The van der Waals surface area contributed by atoms with E-state index >= 15 is 0 Å². The Labute approximate surface area is 158 Å². The number of methoxy groups -OCH3 is 1. The Morgan fingerprint density at radius 2 is 2.20 bits per heavy atom. The average molecular weight is 448 g/mol. The zero-order valence-electron chi connectivity index (χ0n) is 13.7. The molecular formula is C19H17IN2O3. The van der Waals surface area contributed by atoms with Crippen LogP contribution in [-0.2, 0) is 21.4 Å². The van der Waals surface area contributed by atoms with E-state index in [0.717, 1.165) is 38.7 Å². The summed E-state index contributed by atoms with van der Waals surface area (Å²) < 4.78 is 8.11. The molecule has 1 aromatic carbocycles. The van der Waals surface area contributed by atoms with Gasteiger partial charge in [0.1, 0.15) is 5.41 Å². The Kier molecular flexibility index (Phi) is 3.22. The van der Waals surface area contributed by atoms with Gasteiger partial charge in [-0.25, -0.2) is 0 Å². The van der Waals surface area contributed by atoms with Crippen LogP contribution in [-0.4, -0.2) is 36.1 Å². The Balaban J connectivity index is 1.98. The topological polar surface area (TPSA) is 60.3 Å². The summed E-state index contributed by atoms with van der Waals surface area (Å²) in [5.41, 5.74) is 2.01. The van der Waals surface area contributed by atoms with E-state index in [9.17, 15) is 9.59 Å². The Bertz CT molecular complexity index is 976. The van der Waals surface area contributed by atoms with E-state index < -0.39 is 5.41 Å².